The van der Waals surface area contributed by atoms with Crippen molar-refractivity contribution in [3.8, 4) is 17.5 Å². The predicted octanol–water partition coefficient (Wildman–Crippen LogP) is 3.79. The minimum atomic E-state index is -4.56. The molecule has 11 heteroatoms. The molecule has 3 heterocycles. The quantitative estimate of drug-likeness (QED) is 0.691. The molecule has 1 aliphatic carbocycles. The zero-order valence-electron chi connectivity index (χ0n) is 15.2. The second-order valence-electron chi connectivity index (χ2n) is 6.90. The van der Waals surface area contributed by atoms with Crippen LogP contribution in [0.2, 0.25) is 0 Å². The van der Waals surface area contributed by atoms with E-state index >= 15 is 0 Å². The number of fused-ring (bicyclic) bond motifs is 1. The van der Waals surface area contributed by atoms with Gasteiger partial charge in [0.25, 0.3) is 0 Å². The Hall–Kier alpha value is -3.00. The van der Waals surface area contributed by atoms with E-state index in [1.807, 2.05) is 0 Å². The van der Waals surface area contributed by atoms with Crippen LogP contribution in [0.25, 0.3) is 17.0 Å². The zero-order valence-corrected chi connectivity index (χ0v) is 16.0. The largest absolute Gasteiger partial charge is 0.418 e. The van der Waals surface area contributed by atoms with Crippen LogP contribution in [0.5, 0.6) is 0 Å². The molecular formula is C18H15F3N6OS. The van der Waals surface area contributed by atoms with Crippen molar-refractivity contribution in [3.05, 3.63) is 41.9 Å². The smallest absolute Gasteiger partial charge is 0.253 e. The summed E-state index contributed by atoms with van der Waals surface area (Å²) < 4.78 is 61.1. The van der Waals surface area contributed by atoms with Crippen molar-refractivity contribution in [2.45, 2.75) is 36.3 Å². The van der Waals surface area contributed by atoms with Crippen LogP contribution in [0.1, 0.15) is 30.9 Å². The first kappa shape index (κ1) is 19.3. The van der Waals surface area contributed by atoms with E-state index in [0.717, 1.165) is 6.07 Å². The summed E-state index contributed by atoms with van der Waals surface area (Å²) in [6.45, 7) is 1.60. The third-order valence-corrected chi connectivity index (χ3v) is 6.86. The van der Waals surface area contributed by atoms with E-state index in [9.17, 15) is 22.6 Å². The van der Waals surface area contributed by atoms with E-state index in [2.05, 4.69) is 21.1 Å². The van der Waals surface area contributed by atoms with Crippen LogP contribution in [0.15, 0.2) is 35.6 Å². The molecule has 29 heavy (non-hydrogen) atoms. The van der Waals surface area contributed by atoms with Crippen LogP contribution in [-0.4, -0.2) is 29.5 Å². The Morgan fingerprint density at radius 2 is 2.07 bits per heavy atom. The van der Waals surface area contributed by atoms with Crippen LogP contribution >= 0.6 is 0 Å². The second kappa shape index (κ2) is 6.25. The third-order valence-electron chi connectivity index (χ3n) is 5.02. The number of nitrogens with one attached hydrogen (secondary N) is 1. The van der Waals surface area contributed by atoms with E-state index in [1.165, 1.54) is 16.9 Å². The van der Waals surface area contributed by atoms with Gasteiger partial charge in [0.15, 0.2) is 5.65 Å². The predicted molar refractivity (Wildman–Crippen MR) is 97.4 cm³/mol. The van der Waals surface area contributed by atoms with Crippen LogP contribution in [0.4, 0.5) is 13.2 Å². The molecule has 3 aromatic rings. The molecule has 1 saturated carbocycles. The lowest BCUT2D eigenvalue weighted by atomic mass is 9.99. The van der Waals surface area contributed by atoms with Crippen molar-refractivity contribution < 1.29 is 17.4 Å². The molecule has 150 valence electrons. The monoisotopic (exact) mass is 420 g/mol. The van der Waals surface area contributed by atoms with Crippen molar-refractivity contribution in [1.29, 1.82) is 10.0 Å². The second-order valence-corrected chi connectivity index (χ2v) is 9.27. The van der Waals surface area contributed by atoms with Gasteiger partial charge in [0, 0.05) is 11.9 Å². The molecule has 0 aliphatic heterocycles. The van der Waals surface area contributed by atoms with Crippen molar-refractivity contribution >= 4 is 15.4 Å². The highest BCUT2D eigenvalue weighted by atomic mass is 32.2. The molecule has 1 aliphatic rings. The van der Waals surface area contributed by atoms with Gasteiger partial charge in [-0.15, -0.1) is 0 Å². The van der Waals surface area contributed by atoms with Gasteiger partial charge in [-0.25, -0.2) is 18.5 Å². The lowest BCUT2D eigenvalue weighted by Gasteiger charge is -2.13. The fourth-order valence-electron chi connectivity index (χ4n) is 3.04. The molecule has 1 N–H and O–H groups in total. The van der Waals surface area contributed by atoms with E-state index in [4.69, 9.17) is 4.78 Å². The molecule has 0 saturated heterocycles. The first-order valence-electron chi connectivity index (χ1n) is 8.71. The van der Waals surface area contributed by atoms with Gasteiger partial charge in [0.1, 0.15) is 11.4 Å². The van der Waals surface area contributed by atoms with Crippen LogP contribution in [-0.2, 0) is 21.3 Å². The molecule has 1 fully saturated rings. The van der Waals surface area contributed by atoms with Gasteiger partial charge in [0.05, 0.1) is 44.1 Å². The normalized spacial score (nSPS) is 17.6. The molecule has 0 bridgehead atoms. The molecule has 1 atom stereocenters. The van der Waals surface area contributed by atoms with Gasteiger partial charge < -0.3 is 0 Å². The number of alkyl halides is 3. The Kier molecular flexibility index (Phi) is 4.16. The first-order chi connectivity index (χ1) is 13.6. The van der Waals surface area contributed by atoms with Crippen molar-refractivity contribution in [2.24, 2.45) is 0 Å². The molecule has 0 aromatic carbocycles. The molecular weight excluding hydrogens is 405 g/mol. The van der Waals surface area contributed by atoms with Crippen LogP contribution in [0.3, 0.4) is 0 Å². The van der Waals surface area contributed by atoms with E-state index in [1.54, 1.807) is 13.0 Å². The summed E-state index contributed by atoms with van der Waals surface area (Å²) in [6.07, 6.45) is 0.322. The fraction of sp³-hybridized carbons (Fsp3) is 0.333. The highest BCUT2D eigenvalue weighted by Crippen LogP contribution is 2.48. The summed E-state index contributed by atoms with van der Waals surface area (Å²) in [5, 5.41) is 13.2. The molecule has 0 radical (unpaired) electrons. The lowest BCUT2D eigenvalue weighted by molar-refractivity contribution is -0.137. The number of nitrogens with zero attached hydrogens (tertiary/aromatic N) is 5. The number of pyridine rings is 1. The van der Waals surface area contributed by atoms with Gasteiger partial charge in [-0.3, -0.25) is 4.98 Å². The van der Waals surface area contributed by atoms with Gasteiger partial charge in [-0.1, -0.05) is 6.92 Å². The van der Waals surface area contributed by atoms with Gasteiger partial charge in [-0.2, -0.15) is 23.5 Å². The van der Waals surface area contributed by atoms with Crippen LogP contribution < -0.4 is 0 Å². The van der Waals surface area contributed by atoms with Crippen LogP contribution in [0, 0.1) is 16.1 Å². The summed E-state index contributed by atoms with van der Waals surface area (Å²) >= 11 is 0. The Morgan fingerprint density at radius 3 is 2.66 bits per heavy atom. The van der Waals surface area contributed by atoms with E-state index < -0.39 is 26.9 Å². The molecule has 7 nitrogen and oxygen atoms in total. The van der Waals surface area contributed by atoms with Gasteiger partial charge in [0.2, 0.25) is 0 Å². The van der Waals surface area contributed by atoms with Gasteiger partial charge >= 0.3 is 6.18 Å². The molecule has 0 spiro atoms. The maximum absolute atomic E-state index is 12.9. The first-order valence-corrected chi connectivity index (χ1v) is 10.4. The number of rotatable bonds is 4. The Morgan fingerprint density at radius 1 is 1.34 bits per heavy atom. The number of imidazole rings is 1. The maximum atomic E-state index is 12.9. The average molecular weight is 420 g/mol. The van der Waals surface area contributed by atoms with Crippen molar-refractivity contribution in [1.82, 2.24) is 19.6 Å². The van der Waals surface area contributed by atoms with E-state index in [-0.39, 0.29) is 27.7 Å². The highest BCUT2D eigenvalue weighted by molar-refractivity contribution is 7.92. The van der Waals surface area contributed by atoms with E-state index in [0.29, 0.717) is 24.6 Å². The summed E-state index contributed by atoms with van der Waals surface area (Å²) in [5.41, 5.74) is -0.764. The average Bonchev–Trinajstić information content (AvgIpc) is 3.38. The molecule has 4 rings (SSSR count). The number of halogens is 3. The summed E-state index contributed by atoms with van der Waals surface area (Å²) in [7, 11) is -3.23. The zero-order chi connectivity index (χ0) is 21.0. The Balaban J connectivity index is 1.89. The number of hydrogen-bond donors (Lipinski definition) is 1. The standard InChI is InChI=1S/C18H15F3N6OS/c1-2-29(23,28)14-5-11(17(10-22)3-4-17)7-24-16(14)13-9-27-15(26-13)6-12(8-25-27)18(19,20)21/h5-9,23H,2-4H2,1H3. The summed E-state index contributed by atoms with van der Waals surface area (Å²) in [4.78, 5) is 8.59. The maximum Gasteiger partial charge on any atom is 0.418 e. The summed E-state index contributed by atoms with van der Waals surface area (Å²) in [6, 6.07) is 4.65. The fourth-order valence-corrected chi connectivity index (χ4v) is 4.14. The number of hydrogen-bond acceptors (Lipinski definition) is 6. The highest BCUT2D eigenvalue weighted by Gasteiger charge is 2.45. The minimum Gasteiger partial charge on any atom is -0.253 e. The minimum absolute atomic E-state index is 0.0224. The number of nitriles is 1. The Bertz CT molecular complexity index is 1270. The molecule has 1 unspecified atom stereocenters. The Labute approximate surface area is 164 Å². The lowest BCUT2D eigenvalue weighted by Crippen LogP contribution is -2.10. The topological polar surface area (TPSA) is 108 Å². The van der Waals surface area contributed by atoms with Crippen molar-refractivity contribution in [3.63, 3.8) is 0 Å². The SMILES string of the molecule is CCS(=N)(=O)c1cc(C2(C#N)CC2)cnc1-c1cn2ncc(C(F)(F)F)cc2n1. The molecule has 3 aromatic heterocycles. The molecule has 0 amide bonds. The number of aromatic nitrogens is 4. The summed E-state index contributed by atoms with van der Waals surface area (Å²) in [5.74, 6) is 0.0224. The third kappa shape index (κ3) is 3.23. The van der Waals surface area contributed by atoms with Gasteiger partial charge in [-0.05, 0) is 30.5 Å². The van der Waals surface area contributed by atoms with Crippen molar-refractivity contribution in [2.75, 3.05) is 5.75 Å².